The average molecular weight is 232 g/mol. The fourth-order valence-corrected chi connectivity index (χ4v) is 1.63. The van der Waals surface area contributed by atoms with Crippen LogP contribution < -0.4 is 5.43 Å². The van der Waals surface area contributed by atoms with Crippen LogP contribution >= 0.6 is 0 Å². The molecule has 1 N–H and O–H groups in total. The van der Waals surface area contributed by atoms with Crippen LogP contribution in [0, 0.1) is 12.8 Å². The summed E-state index contributed by atoms with van der Waals surface area (Å²) >= 11 is 0. The summed E-state index contributed by atoms with van der Waals surface area (Å²) in [5, 5.41) is 3.97. The zero-order chi connectivity index (χ0) is 12.4. The second kappa shape index (κ2) is 4.57. The molecule has 0 fully saturated rings. The molecule has 2 rings (SSSR count). The number of rotatable bonds is 3. The molecule has 2 heterocycles. The van der Waals surface area contributed by atoms with Gasteiger partial charge in [-0.25, -0.2) is 0 Å². The van der Waals surface area contributed by atoms with Crippen LogP contribution in [0.5, 0.6) is 0 Å². The molecule has 0 aromatic carbocycles. The van der Waals surface area contributed by atoms with Gasteiger partial charge in [0.1, 0.15) is 11.5 Å². The minimum absolute atomic E-state index is 0.00663. The Kier molecular flexibility index (Phi) is 3.13. The van der Waals surface area contributed by atoms with Crippen molar-refractivity contribution in [3.63, 3.8) is 0 Å². The van der Waals surface area contributed by atoms with Crippen LogP contribution in [0.3, 0.4) is 0 Å². The van der Waals surface area contributed by atoms with Crippen LogP contribution in [0.1, 0.15) is 25.2 Å². The molecule has 2 aromatic rings. The SMILES string of the molecule is Cc1c[nH]c(-c2cc(CC(C)C)on2)cc1=O. The van der Waals surface area contributed by atoms with Crippen molar-refractivity contribution in [3.05, 3.63) is 39.9 Å². The van der Waals surface area contributed by atoms with Crippen molar-refractivity contribution in [2.24, 2.45) is 5.92 Å². The van der Waals surface area contributed by atoms with Gasteiger partial charge < -0.3 is 9.51 Å². The average Bonchev–Trinajstić information content (AvgIpc) is 2.69. The van der Waals surface area contributed by atoms with E-state index in [0.29, 0.717) is 22.9 Å². The lowest BCUT2D eigenvalue weighted by atomic mass is 10.1. The van der Waals surface area contributed by atoms with Gasteiger partial charge in [-0.1, -0.05) is 19.0 Å². The summed E-state index contributed by atoms with van der Waals surface area (Å²) < 4.78 is 5.23. The highest BCUT2D eigenvalue weighted by Crippen LogP contribution is 2.17. The highest BCUT2D eigenvalue weighted by molar-refractivity contribution is 5.53. The lowest BCUT2D eigenvalue weighted by molar-refractivity contribution is 0.370. The van der Waals surface area contributed by atoms with Gasteiger partial charge in [0.15, 0.2) is 5.43 Å². The summed E-state index contributed by atoms with van der Waals surface area (Å²) in [7, 11) is 0. The Morgan fingerprint density at radius 1 is 1.41 bits per heavy atom. The molecule has 0 spiro atoms. The van der Waals surface area contributed by atoms with E-state index in [1.54, 1.807) is 19.2 Å². The van der Waals surface area contributed by atoms with Crippen molar-refractivity contribution in [3.8, 4) is 11.4 Å². The Labute approximate surface area is 99.7 Å². The molecule has 0 atom stereocenters. The van der Waals surface area contributed by atoms with E-state index in [4.69, 9.17) is 4.52 Å². The van der Waals surface area contributed by atoms with E-state index in [0.717, 1.165) is 12.2 Å². The Balaban J connectivity index is 2.30. The first-order valence-corrected chi connectivity index (χ1v) is 5.71. The predicted octanol–water partition coefficient (Wildman–Crippen LogP) is 2.54. The zero-order valence-corrected chi connectivity index (χ0v) is 10.3. The van der Waals surface area contributed by atoms with Crippen LogP contribution in [0.15, 0.2) is 27.6 Å². The van der Waals surface area contributed by atoms with E-state index in [1.165, 1.54) is 0 Å². The topological polar surface area (TPSA) is 58.9 Å². The first-order valence-electron chi connectivity index (χ1n) is 5.71. The second-order valence-corrected chi connectivity index (χ2v) is 4.67. The number of pyridine rings is 1. The van der Waals surface area contributed by atoms with E-state index in [2.05, 4.69) is 24.0 Å². The fraction of sp³-hybridized carbons (Fsp3) is 0.385. The molecule has 4 heteroatoms. The lowest BCUT2D eigenvalue weighted by Crippen LogP contribution is -2.04. The maximum atomic E-state index is 11.5. The maximum absolute atomic E-state index is 11.5. The van der Waals surface area contributed by atoms with Crippen molar-refractivity contribution in [2.45, 2.75) is 27.2 Å². The molecule has 0 bridgehead atoms. The number of nitrogens with one attached hydrogen (secondary N) is 1. The van der Waals surface area contributed by atoms with E-state index in [1.807, 2.05) is 6.07 Å². The van der Waals surface area contributed by atoms with Gasteiger partial charge in [0.05, 0.1) is 5.69 Å². The normalized spacial score (nSPS) is 11.1. The summed E-state index contributed by atoms with van der Waals surface area (Å²) in [5.41, 5.74) is 2.07. The van der Waals surface area contributed by atoms with E-state index < -0.39 is 0 Å². The van der Waals surface area contributed by atoms with E-state index in [9.17, 15) is 4.79 Å². The van der Waals surface area contributed by atoms with Gasteiger partial charge in [0.25, 0.3) is 0 Å². The molecule has 0 unspecified atom stereocenters. The van der Waals surface area contributed by atoms with Crippen molar-refractivity contribution in [1.29, 1.82) is 0 Å². The number of aromatic amines is 1. The number of H-pyrrole nitrogens is 1. The number of aryl methyl sites for hydroxylation is 1. The number of hydrogen-bond acceptors (Lipinski definition) is 3. The molecular formula is C13H16N2O2. The summed E-state index contributed by atoms with van der Waals surface area (Å²) in [6, 6.07) is 3.42. The molecule has 90 valence electrons. The quantitative estimate of drug-likeness (QED) is 0.884. The van der Waals surface area contributed by atoms with Gasteiger partial charge in [-0.15, -0.1) is 0 Å². The molecule has 0 aliphatic rings. The molecule has 4 nitrogen and oxygen atoms in total. The molecule has 2 aromatic heterocycles. The van der Waals surface area contributed by atoms with Gasteiger partial charge in [0.2, 0.25) is 0 Å². The van der Waals surface area contributed by atoms with Crippen molar-refractivity contribution < 1.29 is 4.52 Å². The first-order chi connectivity index (χ1) is 8.06. The first kappa shape index (κ1) is 11.6. The van der Waals surface area contributed by atoms with Crippen molar-refractivity contribution in [2.75, 3.05) is 0 Å². The molecular weight excluding hydrogens is 216 g/mol. The van der Waals surface area contributed by atoms with Crippen molar-refractivity contribution in [1.82, 2.24) is 10.1 Å². The molecule has 0 saturated heterocycles. The van der Waals surface area contributed by atoms with Crippen LogP contribution in [-0.2, 0) is 6.42 Å². The summed E-state index contributed by atoms with van der Waals surface area (Å²) in [5.74, 6) is 1.37. The summed E-state index contributed by atoms with van der Waals surface area (Å²) in [6.07, 6.45) is 2.54. The van der Waals surface area contributed by atoms with Gasteiger partial charge in [-0.05, 0) is 12.8 Å². The summed E-state index contributed by atoms with van der Waals surface area (Å²) in [6.45, 7) is 6.02. The largest absolute Gasteiger partial charge is 0.361 e. The highest BCUT2D eigenvalue weighted by atomic mass is 16.5. The minimum Gasteiger partial charge on any atom is -0.361 e. The Morgan fingerprint density at radius 3 is 2.82 bits per heavy atom. The minimum atomic E-state index is 0.00663. The highest BCUT2D eigenvalue weighted by Gasteiger charge is 2.09. The monoisotopic (exact) mass is 232 g/mol. The molecule has 0 radical (unpaired) electrons. The fourth-order valence-electron chi connectivity index (χ4n) is 1.63. The molecule has 0 aliphatic heterocycles. The van der Waals surface area contributed by atoms with Crippen LogP contribution in [-0.4, -0.2) is 10.1 Å². The van der Waals surface area contributed by atoms with E-state index in [-0.39, 0.29) is 5.43 Å². The summed E-state index contributed by atoms with van der Waals surface area (Å²) in [4.78, 5) is 14.6. The van der Waals surface area contributed by atoms with Gasteiger partial charge >= 0.3 is 0 Å². The van der Waals surface area contributed by atoms with Gasteiger partial charge in [-0.3, -0.25) is 4.79 Å². The molecule has 17 heavy (non-hydrogen) atoms. The van der Waals surface area contributed by atoms with Gasteiger partial charge in [-0.2, -0.15) is 0 Å². The maximum Gasteiger partial charge on any atom is 0.185 e. The molecule has 0 aliphatic carbocycles. The predicted molar refractivity (Wildman–Crippen MR) is 65.8 cm³/mol. The Morgan fingerprint density at radius 2 is 2.18 bits per heavy atom. The van der Waals surface area contributed by atoms with Gasteiger partial charge in [0, 0.05) is 30.3 Å². The Hall–Kier alpha value is -1.84. The third kappa shape index (κ3) is 2.64. The zero-order valence-electron chi connectivity index (χ0n) is 10.3. The molecule has 0 amide bonds. The van der Waals surface area contributed by atoms with Crippen LogP contribution in [0.25, 0.3) is 11.4 Å². The number of nitrogens with zero attached hydrogens (tertiary/aromatic N) is 1. The number of hydrogen-bond donors (Lipinski definition) is 1. The molecule has 0 saturated carbocycles. The standard InChI is InChI=1S/C13H16N2O2/c1-8(2)4-10-5-12(15-17-10)11-6-13(16)9(3)7-14-11/h5-8H,4H2,1-3H3,(H,14,16). The number of aromatic nitrogens is 2. The lowest BCUT2D eigenvalue weighted by Gasteiger charge is -1.97. The second-order valence-electron chi connectivity index (χ2n) is 4.67. The third-order valence-corrected chi connectivity index (χ3v) is 2.55. The van der Waals surface area contributed by atoms with Crippen LogP contribution in [0.2, 0.25) is 0 Å². The van der Waals surface area contributed by atoms with Crippen LogP contribution in [0.4, 0.5) is 0 Å². The van der Waals surface area contributed by atoms with Crippen molar-refractivity contribution >= 4 is 0 Å². The van der Waals surface area contributed by atoms with E-state index >= 15 is 0 Å². The Bertz CT molecular complexity index is 567. The third-order valence-electron chi connectivity index (χ3n) is 2.55. The smallest absolute Gasteiger partial charge is 0.185 e.